The van der Waals surface area contributed by atoms with Crippen LogP contribution in [-0.2, 0) is 0 Å². The van der Waals surface area contributed by atoms with E-state index in [1.165, 1.54) is 0 Å². The van der Waals surface area contributed by atoms with Crippen molar-refractivity contribution in [2.75, 3.05) is 0 Å². The molecule has 0 radical (unpaired) electrons. The molecule has 0 spiro atoms. The summed E-state index contributed by atoms with van der Waals surface area (Å²) in [6, 6.07) is 7.53. The van der Waals surface area contributed by atoms with Crippen molar-refractivity contribution >= 4 is 11.2 Å². The summed E-state index contributed by atoms with van der Waals surface area (Å²) in [6.45, 7) is 2.01. The van der Waals surface area contributed by atoms with Crippen molar-refractivity contribution < 1.29 is 4.42 Å². The van der Waals surface area contributed by atoms with Crippen LogP contribution in [0.1, 0.15) is 5.56 Å². The summed E-state index contributed by atoms with van der Waals surface area (Å²) in [5, 5.41) is 0. The van der Waals surface area contributed by atoms with E-state index in [9.17, 15) is 0 Å². The number of aromatic nitrogens is 3. The maximum absolute atomic E-state index is 5.57. The third-order valence-corrected chi connectivity index (χ3v) is 2.30. The Hall–Kier alpha value is -2.23. The quantitative estimate of drug-likeness (QED) is 0.620. The van der Waals surface area contributed by atoms with E-state index in [4.69, 9.17) is 4.42 Å². The molecular formula is C12H9N3O. The Morgan fingerprint density at radius 1 is 1.12 bits per heavy atom. The van der Waals surface area contributed by atoms with Crippen molar-refractivity contribution in [3.05, 3.63) is 42.2 Å². The first-order valence-corrected chi connectivity index (χ1v) is 4.97. The SMILES string of the molecule is Cc1ccnc(-c2nc3ncccc3o2)c1. The topological polar surface area (TPSA) is 51.8 Å². The zero-order valence-electron chi connectivity index (χ0n) is 8.71. The fourth-order valence-electron chi connectivity index (χ4n) is 1.53. The Kier molecular flexibility index (Phi) is 1.93. The molecular weight excluding hydrogens is 202 g/mol. The summed E-state index contributed by atoms with van der Waals surface area (Å²) in [6.07, 6.45) is 3.44. The third kappa shape index (κ3) is 1.44. The molecule has 0 bridgehead atoms. The van der Waals surface area contributed by atoms with Gasteiger partial charge in [0.15, 0.2) is 11.2 Å². The molecule has 0 atom stereocenters. The van der Waals surface area contributed by atoms with Gasteiger partial charge in [-0.2, -0.15) is 4.98 Å². The van der Waals surface area contributed by atoms with Crippen LogP contribution < -0.4 is 0 Å². The molecule has 0 saturated carbocycles. The van der Waals surface area contributed by atoms with Gasteiger partial charge in [-0.3, -0.25) is 4.98 Å². The van der Waals surface area contributed by atoms with Crippen LogP contribution in [0.5, 0.6) is 0 Å². The highest BCUT2D eigenvalue weighted by Crippen LogP contribution is 2.21. The first kappa shape index (κ1) is 9.03. The molecule has 78 valence electrons. The largest absolute Gasteiger partial charge is 0.433 e. The van der Waals surface area contributed by atoms with Crippen LogP contribution in [-0.4, -0.2) is 15.0 Å². The van der Waals surface area contributed by atoms with Crippen molar-refractivity contribution in [1.29, 1.82) is 0 Å². The van der Waals surface area contributed by atoms with Crippen LogP contribution in [0.2, 0.25) is 0 Å². The zero-order valence-corrected chi connectivity index (χ0v) is 8.71. The van der Waals surface area contributed by atoms with Gasteiger partial charge in [0.2, 0.25) is 5.89 Å². The summed E-state index contributed by atoms with van der Waals surface area (Å²) < 4.78 is 5.57. The van der Waals surface area contributed by atoms with Crippen LogP contribution in [0.15, 0.2) is 41.1 Å². The molecule has 0 aromatic carbocycles. The molecule has 0 amide bonds. The monoisotopic (exact) mass is 211 g/mol. The fourth-order valence-corrected chi connectivity index (χ4v) is 1.53. The Bertz CT molecular complexity index is 612. The predicted octanol–water partition coefficient (Wildman–Crippen LogP) is 2.59. The first-order valence-electron chi connectivity index (χ1n) is 4.97. The molecule has 0 aliphatic rings. The lowest BCUT2D eigenvalue weighted by atomic mass is 10.2. The molecule has 3 heterocycles. The van der Waals surface area contributed by atoms with Gasteiger partial charge in [0.25, 0.3) is 0 Å². The van der Waals surface area contributed by atoms with Gasteiger partial charge in [-0.15, -0.1) is 0 Å². The smallest absolute Gasteiger partial charge is 0.247 e. The number of aryl methyl sites for hydroxylation is 1. The highest BCUT2D eigenvalue weighted by molar-refractivity contribution is 5.70. The van der Waals surface area contributed by atoms with Crippen LogP contribution in [0.3, 0.4) is 0 Å². The van der Waals surface area contributed by atoms with E-state index >= 15 is 0 Å². The molecule has 0 aliphatic heterocycles. The number of nitrogens with zero attached hydrogens (tertiary/aromatic N) is 3. The van der Waals surface area contributed by atoms with Gasteiger partial charge >= 0.3 is 0 Å². The summed E-state index contributed by atoms with van der Waals surface area (Å²) >= 11 is 0. The Labute approximate surface area is 92.0 Å². The highest BCUT2D eigenvalue weighted by atomic mass is 16.3. The van der Waals surface area contributed by atoms with Gasteiger partial charge in [-0.25, -0.2) is 4.98 Å². The van der Waals surface area contributed by atoms with Gasteiger partial charge in [-0.1, -0.05) is 0 Å². The van der Waals surface area contributed by atoms with E-state index in [2.05, 4.69) is 15.0 Å². The summed E-state index contributed by atoms with van der Waals surface area (Å²) in [7, 11) is 0. The Balaban J connectivity index is 2.19. The average molecular weight is 211 g/mol. The minimum Gasteiger partial charge on any atom is -0.433 e. The van der Waals surface area contributed by atoms with Gasteiger partial charge in [0, 0.05) is 12.4 Å². The van der Waals surface area contributed by atoms with E-state index in [1.807, 2.05) is 31.2 Å². The lowest BCUT2D eigenvalue weighted by Crippen LogP contribution is -1.83. The van der Waals surface area contributed by atoms with Crippen molar-refractivity contribution in [3.8, 4) is 11.6 Å². The molecule has 3 aromatic rings. The summed E-state index contributed by atoms with van der Waals surface area (Å²) in [5.41, 5.74) is 3.15. The summed E-state index contributed by atoms with van der Waals surface area (Å²) in [5.74, 6) is 0.511. The van der Waals surface area contributed by atoms with Gasteiger partial charge in [-0.05, 0) is 36.8 Å². The van der Waals surface area contributed by atoms with Crippen molar-refractivity contribution in [2.45, 2.75) is 6.92 Å². The van der Waals surface area contributed by atoms with E-state index in [1.54, 1.807) is 12.4 Å². The lowest BCUT2D eigenvalue weighted by molar-refractivity contribution is 0.616. The molecule has 4 heteroatoms. The molecule has 0 saturated heterocycles. The predicted molar refractivity (Wildman–Crippen MR) is 59.8 cm³/mol. The van der Waals surface area contributed by atoms with Crippen molar-refractivity contribution in [1.82, 2.24) is 15.0 Å². The van der Waals surface area contributed by atoms with Crippen molar-refractivity contribution in [2.24, 2.45) is 0 Å². The number of fused-ring (bicyclic) bond motifs is 1. The van der Waals surface area contributed by atoms with E-state index in [0.717, 1.165) is 11.3 Å². The maximum Gasteiger partial charge on any atom is 0.247 e. The van der Waals surface area contributed by atoms with Gasteiger partial charge in [0.05, 0.1) is 0 Å². The number of pyridine rings is 2. The minimum atomic E-state index is 0.511. The standard InChI is InChI=1S/C12H9N3O/c1-8-4-6-13-9(7-8)12-15-11-10(16-12)3-2-5-14-11/h2-7H,1H3. The normalized spacial score (nSPS) is 10.8. The zero-order chi connectivity index (χ0) is 11.0. The molecule has 0 fully saturated rings. The van der Waals surface area contributed by atoms with Crippen LogP contribution in [0, 0.1) is 6.92 Å². The summed E-state index contributed by atoms with van der Waals surface area (Å²) in [4.78, 5) is 12.6. The Morgan fingerprint density at radius 2 is 2.06 bits per heavy atom. The molecule has 0 N–H and O–H groups in total. The lowest BCUT2D eigenvalue weighted by Gasteiger charge is -1.94. The highest BCUT2D eigenvalue weighted by Gasteiger charge is 2.09. The average Bonchev–Trinajstić information content (AvgIpc) is 2.72. The second kappa shape index (κ2) is 3.41. The molecule has 0 unspecified atom stereocenters. The molecule has 16 heavy (non-hydrogen) atoms. The maximum atomic E-state index is 5.57. The first-order chi connectivity index (χ1) is 7.83. The molecule has 3 aromatic heterocycles. The van der Waals surface area contributed by atoms with Crippen LogP contribution >= 0.6 is 0 Å². The van der Waals surface area contributed by atoms with E-state index in [0.29, 0.717) is 17.1 Å². The van der Waals surface area contributed by atoms with Gasteiger partial charge in [0.1, 0.15) is 5.69 Å². The van der Waals surface area contributed by atoms with Crippen molar-refractivity contribution in [3.63, 3.8) is 0 Å². The molecule has 3 rings (SSSR count). The number of oxazole rings is 1. The van der Waals surface area contributed by atoms with E-state index in [-0.39, 0.29) is 0 Å². The number of hydrogen-bond donors (Lipinski definition) is 0. The minimum absolute atomic E-state index is 0.511. The third-order valence-electron chi connectivity index (χ3n) is 2.30. The van der Waals surface area contributed by atoms with Gasteiger partial charge < -0.3 is 4.42 Å². The fraction of sp³-hybridized carbons (Fsp3) is 0.0833. The Morgan fingerprint density at radius 3 is 2.88 bits per heavy atom. The second-order valence-electron chi connectivity index (χ2n) is 3.56. The second-order valence-corrected chi connectivity index (χ2v) is 3.56. The molecule has 4 nitrogen and oxygen atoms in total. The number of rotatable bonds is 1. The van der Waals surface area contributed by atoms with Crippen LogP contribution in [0.25, 0.3) is 22.8 Å². The van der Waals surface area contributed by atoms with Crippen LogP contribution in [0.4, 0.5) is 0 Å². The molecule has 0 aliphatic carbocycles. The van der Waals surface area contributed by atoms with E-state index < -0.39 is 0 Å². The number of hydrogen-bond acceptors (Lipinski definition) is 4.